The predicted molar refractivity (Wildman–Crippen MR) is 127 cm³/mol. The Morgan fingerprint density at radius 1 is 0.792 bits per heavy atom. The number of benzene rings is 2. The maximum Gasteiger partial charge on any atom is 0.0532 e. The lowest BCUT2D eigenvalue weighted by atomic mass is 10.1. The highest BCUT2D eigenvalue weighted by molar-refractivity contribution is 8.21. The molecule has 0 radical (unpaired) electrons. The number of hydrogen-bond donors (Lipinski definition) is 2. The van der Waals surface area contributed by atoms with Crippen molar-refractivity contribution in [3.05, 3.63) is 36.4 Å². The fraction of sp³-hybridized carbons (Fsp3) is 0.444. The molecule has 0 saturated heterocycles. The third kappa shape index (κ3) is 6.84. The molecule has 0 bridgehead atoms. The molecule has 0 fully saturated rings. The molecule has 0 saturated carbocycles. The van der Waals surface area contributed by atoms with Gasteiger partial charge in [-0.3, -0.25) is 0 Å². The van der Waals surface area contributed by atoms with Gasteiger partial charge in [-0.05, 0) is 56.7 Å². The molecule has 24 heavy (non-hydrogen) atoms. The van der Waals surface area contributed by atoms with Crippen LogP contribution in [0.2, 0.25) is 0 Å². The van der Waals surface area contributed by atoms with Gasteiger partial charge in [-0.2, -0.15) is 25.3 Å². The van der Waals surface area contributed by atoms with Crippen LogP contribution in [0, 0.1) is 0 Å². The largest absolute Gasteiger partial charge is 0.165 e. The average Bonchev–Trinajstić information content (AvgIpc) is 2.45. The van der Waals surface area contributed by atoms with E-state index in [2.05, 4.69) is 89.4 Å². The molecule has 0 aliphatic heterocycles. The lowest BCUT2D eigenvalue weighted by Crippen LogP contribution is -1.95. The van der Waals surface area contributed by atoms with Gasteiger partial charge in [0.2, 0.25) is 0 Å². The Morgan fingerprint density at radius 3 is 2.04 bits per heavy atom. The first kappa shape index (κ1) is 21.1. The molecule has 0 N–H and O–H groups in total. The van der Waals surface area contributed by atoms with Crippen molar-refractivity contribution in [2.75, 3.05) is 0 Å². The summed E-state index contributed by atoms with van der Waals surface area (Å²) in [5, 5.41) is 2.66. The molecule has 0 spiro atoms. The summed E-state index contributed by atoms with van der Waals surface area (Å²) < 4.78 is 1.72. The minimum atomic E-state index is 0.360. The zero-order valence-electron chi connectivity index (χ0n) is 14.3. The summed E-state index contributed by atoms with van der Waals surface area (Å²) >= 11 is 16.6. The lowest BCUT2D eigenvalue weighted by Gasteiger charge is -2.16. The van der Waals surface area contributed by atoms with Gasteiger partial charge < -0.3 is 0 Å². The van der Waals surface area contributed by atoms with E-state index < -0.39 is 0 Å². The van der Waals surface area contributed by atoms with Gasteiger partial charge >= 0.3 is 0 Å². The second-order valence-corrected chi connectivity index (χ2v) is 14.5. The van der Waals surface area contributed by atoms with Gasteiger partial charge in [-0.25, -0.2) is 0 Å². The summed E-state index contributed by atoms with van der Waals surface area (Å²) in [6, 6.07) is 13.4. The van der Waals surface area contributed by atoms with Crippen molar-refractivity contribution in [3.8, 4) is 0 Å². The average molecular weight is 433 g/mol. The Labute approximate surface area is 174 Å². The van der Waals surface area contributed by atoms with Crippen LogP contribution in [0.15, 0.2) is 46.2 Å². The monoisotopic (exact) mass is 432 g/mol. The van der Waals surface area contributed by atoms with E-state index in [9.17, 15) is 0 Å². The second kappa shape index (κ2) is 10.2. The van der Waals surface area contributed by atoms with Crippen LogP contribution >= 0.6 is 72.3 Å². The highest BCUT2D eigenvalue weighted by Crippen LogP contribution is 2.39. The van der Waals surface area contributed by atoms with Crippen molar-refractivity contribution in [2.45, 2.75) is 55.8 Å². The summed E-state index contributed by atoms with van der Waals surface area (Å²) in [4.78, 5) is 2.68. The van der Waals surface area contributed by atoms with Crippen LogP contribution in [0.4, 0.5) is 0 Å². The number of rotatable bonds is 8. The standard InChI is InChI=1S/C18H24S6/c1-11(19)21-13(3)23-16-8-9-17-15(10-16)6-5-7-18(17)24-14(4)22-12(2)20/h5-14,19-20H,1-4H3. The van der Waals surface area contributed by atoms with Crippen molar-refractivity contribution < 1.29 is 0 Å². The predicted octanol–water partition coefficient (Wildman–Crippen LogP) is 7.73. The summed E-state index contributed by atoms with van der Waals surface area (Å²) in [5.41, 5.74) is 0. The smallest absolute Gasteiger partial charge is 0.0532 e. The van der Waals surface area contributed by atoms with Crippen LogP contribution in [0.3, 0.4) is 0 Å². The van der Waals surface area contributed by atoms with Crippen LogP contribution in [-0.2, 0) is 0 Å². The number of hydrogen-bond acceptors (Lipinski definition) is 6. The van der Waals surface area contributed by atoms with Crippen molar-refractivity contribution in [3.63, 3.8) is 0 Å². The normalized spacial score (nSPS) is 16.8. The van der Waals surface area contributed by atoms with Crippen LogP contribution in [0.5, 0.6) is 0 Å². The number of fused-ring (bicyclic) bond motifs is 1. The van der Waals surface area contributed by atoms with E-state index in [1.807, 2.05) is 47.0 Å². The quantitative estimate of drug-likeness (QED) is 0.248. The highest BCUT2D eigenvalue weighted by Gasteiger charge is 2.12. The molecule has 4 atom stereocenters. The Hall–Kier alpha value is 0.800. The van der Waals surface area contributed by atoms with Gasteiger partial charge in [0.15, 0.2) is 0 Å². The lowest BCUT2D eigenvalue weighted by molar-refractivity contribution is 1.34. The van der Waals surface area contributed by atoms with E-state index in [4.69, 9.17) is 0 Å². The molecule has 2 rings (SSSR count). The van der Waals surface area contributed by atoms with E-state index in [1.54, 1.807) is 0 Å². The third-order valence-electron chi connectivity index (χ3n) is 3.18. The molecule has 0 aliphatic rings. The number of thiol groups is 2. The molecule has 0 amide bonds. The van der Waals surface area contributed by atoms with E-state index in [0.717, 1.165) is 0 Å². The van der Waals surface area contributed by atoms with Crippen molar-refractivity contribution in [2.24, 2.45) is 0 Å². The van der Waals surface area contributed by atoms with Gasteiger partial charge in [0.25, 0.3) is 0 Å². The molecular formula is C18H24S6. The minimum Gasteiger partial charge on any atom is -0.165 e. The zero-order chi connectivity index (χ0) is 17.7. The topological polar surface area (TPSA) is 0 Å². The summed E-state index contributed by atoms with van der Waals surface area (Å²) in [7, 11) is 0. The Kier molecular flexibility index (Phi) is 8.98. The van der Waals surface area contributed by atoms with Gasteiger partial charge in [-0.15, -0.1) is 47.0 Å². The Morgan fingerprint density at radius 2 is 1.42 bits per heavy atom. The zero-order valence-corrected chi connectivity index (χ0v) is 19.4. The van der Waals surface area contributed by atoms with Crippen LogP contribution in [0.1, 0.15) is 27.7 Å². The molecule has 6 heteroatoms. The summed E-state index contributed by atoms with van der Waals surface area (Å²) in [6.45, 7) is 8.75. The van der Waals surface area contributed by atoms with Gasteiger partial charge in [-0.1, -0.05) is 18.2 Å². The van der Waals surface area contributed by atoms with Gasteiger partial charge in [0, 0.05) is 19.0 Å². The molecule has 4 unspecified atom stereocenters. The maximum atomic E-state index is 4.49. The first-order valence-electron chi connectivity index (χ1n) is 7.88. The van der Waals surface area contributed by atoms with Crippen molar-refractivity contribution >= 4 is 83.1 Å². The molecule has 0 aromatic heterocycles. The Balaban J connectivity index is 2.16. The summed E-state index contributed by atoms with van der Waals surface area (Å²) in [5.74, 6) is 0. The molecule has 2 aromatic rings. The Bertz CT molecular complexity index is 655. The second-order valence-electron chi connectivity index (χ2n) is 5.48. The third-order valence-corrected chi connectivity index (χ3v) is 8.51. The maximum absolute atomic E-state index is 4.49. The molecule has 0 nitrogen and oxygen atoms in total. The highest BCUT2D eigenvalue weighted by atomic mass is 32.2. The first-order valence-corrected chi connectivity index (χ1v) is 12.6. The van der Waals surface area contributed by atoms with E-state index in [-0.39, 0.29) is 0 Å². The van der Waals surface area contributed by atoms with Crippen molar-refractivity contribution in [1.82, 2.24) is 0 Å². The van der Waals surface area contributed by atoms with Gasteiger partial charge in [0.1, 0.15) is 0 Å². The van der Waals surface area contributed by atoms with Crippen LogP contribution in [0.25, 0.3) is 10.8 Å². The van der Waals surface area contributed by atoms with E-state index >= 15 is 0 Å². The SMILES string of the molecule is CC(S)SC(C)Sc1ccc2c(SC(C)SC(C)S)cccc2c1. The molecule has 132 valence electrons. The van der Waals surface area contributed by atoms with Crippen LogP contribution < -0.4 is 0 Å². The molecular weight excluding hydrogens is 409 g/mol. The molecule has 0 aliphatic carbocycles. The molecule has 0 heterocycles. The fourth-order valence-electron chi connectivity index (χ4n) is 2.39. The summed E-state index contributed by atoms with van der Waals surface area (Å²) in [6.07, 6.45) is 0. The van der Waals surface area contributed by atoms with E-state index in [0.29, 0.717) is 18.3 Å². The van der Waals surface area contributed by atoms with E-state index in [1.165, 1.54) is 20.6 Å². The van der Waals surface area contributed by atoms with Gasteiger partial charge in [0.05, 0.1) is 9.16 Å². The minimum absolute atomic E-state index is 0.360. The molecule has 2 aromatic carbocycles. The first-order chi connectivity index (χ1) is 11.3. The fourth-order valence-corrected chi connectivity index (χ4v) is 8.73. The van der Waals surface area contributed by atoms with Crippen LogP contribution in [-0.4, -0.2) is 18.3 Å². The van der Waals surface area contributed by atoms with Crippen molar-refractivity contribution in [1.29, 1.82) is 0 Å². The number of thioether (sulfide) groups is 4.